The number of carbonyl (C=O) groups excluding carboxylic acids is 1. The zero-order valence-electron chi connectivity index (χ0n) is 12.4. The normalized spacial score (nSPS) is 10.0. The van der Waals surface area contributed by atoms with Crippen LogP contribution in [-0.2, 0) is 7.05 Å². The van der Waals surface area contributed by atoms with E-state index in [4.69, 9.17) is 11.6 Å². The predicted molar refractivity (Wildman–Crippen MR) is 95.3 cm³/mol. The van der Waals surface area contributed by atoms with Crippen molar-refractivity contribution >= 4 is 35.9 Å². The third kappa shape index (κ3) is 3.73. The van der Waals surface area contributed by atoms with Crippen LogP contribution in [-0.4, -0.2) is 15.5 Å². The fraction of sp³-hybridized carbons (Fsp3) is 0.0588. The molecule has 0 aliphatic heterocycles. The average Bonchev–Trinajstić information content (AvgIpc) is 2.89. The highest BCUT2D eigenvalue weighted by atomic mass is 35.5. The summed E-state index contributed by atoms with van der Waals surface area (Å²) in [5, 5.41) is 3.47. The van der Waals surface area contributed by atoms with Crippen LogP contribution in [0, 0.1) is 0 Å². The summed E-state index contributed by atoms with van der Waals surface area (Å²) in [6.07, 6.45) is 1.71. The molecule has 2 aromatic carbocycles. The van der Waals surface area contributed by atoms with Gasteiger partial charge in [0.15, 0.2) is 0 Å². The van der Waals surface area contributed by atoms with Crippen LogP contribution in [0.3, 0.4) is 0 Å². The van der Waals surface area contributed by atoms with Crippen LogP contribution in [0.1, 0.15) is 10.4 Å². The van der Waals surface area contributed by atoms with Crippen molar-refractivity contribution in [2.24, 2.45) is 7.05 Å². The van der Waals surface area contributed by atoms with Crippen LogP contribution in [0.2, 0.25) is 5.02 Å². The average molecular weight is 348 g/mol. The molecule has 0 saturated heterocycles. The molecule has 1 heterocycles. The lowest BCUT2D eigenvalue weighted by Crippen LogP contribution is -2.15. The first-order valence-electron chi connectivity index (χ1n) is 6.79. The maximum Gasteiger partial charge on any atom is 0.257 e. The molecule has 4 nitrogen and oxygen atoms in total. The molecule has 3 rings (SSSR count). The van der Waals surface area contributed by atoms with Crippen LogP contribution in [0.5, 0.6) is 0 Å². The van der Waals surface area contributed by atoms with E-state index in [2.05, 4.69) is 10.3 Å². The molecule has 0 aliphatic rings. The molecule has 6 heteroatoms. The predicted octanol–water partition coefficient (Wildman–Crippen LogP) is 4.41. The maximum absolute atomic E-state index is 12.2. The van der Waals surface area contributed by atoms with Crippen LogP contribution in [0.15, 0.2) is 60.8 Å². The molecule has 1 amide bonds. The molecule has 3 aromatic rings. The molecule has 0 saturated carbocycles. The Morgan fingerprint density at radius 3 is 2.57 bits per heavy atom. The van der Waals surface area contributed by atoms with Crippen LogP contribution >= 0.6 is 24.0 Å². The molecule has 1 N–H and O–H groups in total. The van der Waals surface area contributed by atoms with E-state index < -0.39 is 0 Å². The summed E-state index contributed by atoms with van der Waals surface area (Å²) >= 11 is 6.02. The van der Waals surface area contributed by atoms with Crippen LogP contribution < -0.4 is 5.32 Å². The minimum Gasteiger partial charge on any atom is -0.313 e. The first kappa shape index (κ1) is 17.1. The fourth-order valence-electron chi connectivity index (χ4n) is 2.20. The van der Waals surface area contributed by atoms with Gasteiger partial charge in [-0.05, 0) is 24.3 Å². The van der Waals surface area contributed by atoms with E-state index in [1.807, 2.05) is 54.1 Å². The molecule has 0 aliphatic carbocycles. The van der Waals surface area contributed by atoms with Gasteiger partial charge in [0, 0.05) is 23.2 Å². The summed E-state index contributed by atoms with van der Waals surface area (Å²) in [6.45, 7) is 0. The lowest BCUT2D eigenvalue weighted by atomic mass is 10.2. The molecule has 0 spiro atoms. The van der Waals surface area contributed by atoms with E-state index in [1.54, 1.807) is 18.3 Å². The summed E-state index contributed by atoms with van der Waals surface area (Å²) in [7, 11) is 1.85. The lowest BCUT2D eigenvalue weighted by Gasteiger charge is -2.08. The van der Waals surface area contributed by atoms with Gasteiger partial charge < -0.3 is 4.57 Å². The first-order chi connectivity index (χ1) is 10.6. The number of hydrogen-bond donors (Lipinski definition) is 1. The largest absolute Gasteiger partial charge is 0.313 e. The summed E-state index contributed by atoms with van der Waals surface area (Å²) in [4.78, 5) is 16.5. The Kier molecular flexibility index (Phi) is 5.42. The smallest absolute Gasteiger partial charge is 0.257 e. The molecule has 23 heavy (non-hydrogen) atoms. The van der Waals surface area contributed by atoms with Crippen molar-refractivity contribution < 1.29 is 4.79 Å². The minimum atomic E-state index is -0.188. The summed E-state index contributed by atoms with van der Waals surface area (Å²) in [5.41, 5.74) is 2.42. The Hall–Kier alpha value is -2.30. The number of nitrogens with one attached hydrogen (secondary N) is 1. The van der Waals surface area contributed by atoms with Gasteiger partial charge in [-0.25, -0.2) is 4.98 Å². The summed E-state index contributed by atoms with van der Waals surface area (Å²) in [6, 6.07) is 16.6. The molecule has 0 unspecified atom stereocenters. The Labute approximate surface area is 145 Å². The number of hydrogen-bond acceptors (Lipinski definition) is 2. The second-order valence-corrected chi connectivity index (χ2v) is 5.29. The van der Waals surface area contributed by atoms with E-state index in [9.17, 15) is 4.79 Å². The van der Waals surface area contributed by atoms with Gasteiger partial charge in [-0.15, -0.1) is 12.4 Å². The quantitative estimate of drug-likeness (QED) is 0.762. The number of nitrogens with zero attached hydrogens (tertiary/aromatic N) is 2. The molecule has 1 aromatic heterocycles. The lowest BCUT2D eigenvalue weighted by molar-refractivity contribution is 0.102. The van der Waals surface area contributed by atoms with E-state index in [1.165, 1.54) is 0 Å². The minimum absolute atomic E-state index is 0. The van der Waals surface area contributed by atoms with Crippen molar-refractivity contribution in [1.29, 1.82) is 0 Å². The fourth-order valence-corrected chi connectivity index (χ4v) is 2.40. The van der Waals surface area contributed by atoms with E-state index >= 15 is 0 Å². The SMILES string of the molecule is Cl.Cn1c(-c2cccc(Cl)c2)cnc1NC(=O)c1ccccc1. The zero-order valence-corrected chi connectivity index (χ0v) is 13.9. The molecule has 0 atom stereocenters. The number of aromatic nitrogens is 2. The van der Waals surface area contributed by atoms with Crippen molar-refractivity contribution in [2.75, 3.05) is 5.32 Å². The van der Waals surface area contributed by atoms with Crippen molar-refractivity contribution in [3.63, 3.8) is 0 Å². The van der Waals surface area contributed by atoms with Gasteiger partial charge in [-0.2, -0.15) is 0 Å². The Balaban J connectivity index is 0.00000192. The van der Waals surface area contributed by atoms with Crippen molar-refractivity contribution in [1.82, 2.24) is 9.55 Å². The van der Waals surface area contributed by atoms with Gasteiger partial charge in [-0.1, -0.05) is 41.9 Å². The number of amides is 1. The third-order valence-corrected chi connectivity index (χ3v) is 3.60. The van der Waals surface area contributed by atoms with E-state index in [0.717, 1.165) is 11.3 Å². The van der Waals surface area contributed by atoms with Gasteiger partial charge in [0.25, 0.3) is 5.91 Å². The number of anilines is 1. The zero-order chi connectivity index (χ0) is 15.5. The molecule has 0 radical (unpaired) electrons. The van der Waals surface area contributed by atoms with E-state index in [-0.39, 0.29) is 18.3 Å². The Morgan fingerprint density at radius 1 is 1.13 bits per heavy atom. The monoisotopic (exact) mass is 347 g/mol. The highest BCUT2D eigenvalue weighted by molar-refractivity contribution is 6.30. The number of imidazole rings is 1. The van der Waals surface area contributed by atoms with Gasteiger partial charge in [0.05, 0.1) is 11.9 Å². The standard InChI is InChI=1S/C17H14ClN3O.ClH/c1-21-15(13-8-5-9-14(18)10-13)11-19-17(21)20-16(22)12-6-3-2-4-7-12;/h2-11H,1H3,(H,19,20,22);1H. The Bertz CT molecular complexity index is 816. The van der Waals surface area contributed by atoms with Crippen molar-refractivity contribution in [3.8, 4) is 11.3 Å². The number of carbonyl (C=O) groups is 1. The summed E-state index contributed by atoms with van der Waals surface area (Å²) < 4.78 is 1.83. The Morgan fingerprint density at radius 2 is 1.87 bits per heavy atom. The van der Waals surface area contributed by atoms with Crippen LogP contribution in [0.4, 0.5) is 5.95 Å². The van der Waals surface area contributed by atoms with Gasteiger partial charge in [0.1, 0.15) is 0 Å². The molecular formula is C17H15Cl2N3O. The highest BCUT2D eigenvalue weighted by Crippen LogP contribution is 2.24. The number of halogens is 2. The second-order valence-electron chi connectivity index (χ2n) is 4.86. The number of rotatable bonds is 3. The molecular weight excluding hydrogens is 333 g/mol. The van der Waals surface area contributed by atoms with Crippen molar-refractivity contribution in [2.45, 2.75) is 0 Å². The summed E-state index contributed by atoms with van der Waals surface area (Å²) in [5.74, 6) is 0.302. The van der Waals surface area contributed by atoms with E-state index in [0.29, 0.717) is 16.5 Å². The molecule has 0 fully saturated rings. The van der Waals surface area contributed by atoms with Crippen LogP contribution in [0.25, 0.3) is 11.3 Å². The second kappa shape index (κ2) is 7.31. The highest BCUT2D eigenvalue weighted by Gasteiger charge is 2.12. The topological polar surface area (TPSA) is 46.9 Å². The van der Waals surface area contributed by atoms with Gasteiger partial charge >= 0.3 is 0 Å². The third-order valence-electron chi connectivity index (χ3n) is 3.37. The molecule has 0 bridgehead atoms. The maximum atomic E-state index is 12.2. The number of benzene rings is 2. The van der Waals surface area contributed by atoms with Gasteiger partial charge in [0.2, 0.25) is 5.95 Å². The van der Waals surface area contributed by atoms with Gasteiger partial charge in [-0.3, -0.25) is 10.1 Å². The molecule has 118 valence electrons. The first-order valence-corrected chi connectivity index (χ1v) is 7.17. The van der Waals surface area contributed by atoms with Crippen molar-refractivity contribution in [3.05, 3.63) is 71.4 Å².